The second-order valence-electron chi connectivity index (χ2n) is 4.23. The van der Waals surface area contributed by atoms with Gasteiger partial charge in [-0.3, -0.25) is 0 Å². The predicted molar refractivity (Wildman–Crippen MR) is 74.3 cm³/mol. The molecule has 1 N–H and O–H groups in total. The molecule has 5 heteroatoms. The molecular weight excluding hydrogens is 338 g/mol. The third-order valence-electron chi connectivity index (χ3n) is 2.77. The molecule has 0 fully saturated rings. The maximum Gasteiger partial charge on any atom is 0.129 e. The number of benzene rings is 2. The van der Waals surface area contributed by atoms with Crippen molar-refractivity contribution in [3.8, 4) is 0 Å². The molecule has 0 saturated heterocycles. The highest BCUT2D eigenvalue weighted by molar-refractivity contribution is 9.10. The minimum absolute atomic E-state index is 0.114. The molecule has 1 atom stereocenters. The van der Waals surface area contributed by atoms with Gasteiger partial charge in [-0.15, -0.1) is 0 Å². The molecule has 19 heavy (non-hydrogen) atoms. The average molecular weight is 348 g/mol. The van der Waals surface area contributed by atoms with Gasteiger partial charge >= 0.3 is 0 Å². The first-order valence-corrected chi connectivity index (χ1v) is 6.65. The number of hydrogen-bond donors (Lipinski definition) is 1. The van der Waals surface area contributed by atoms with E-state index >= 15 is 0 Å². The van der Waals surface area contributed by atoms with Crippen molar-refractivity contribution in [2.75, 3.05) is 0 Å². The Balaban J connectivity index is 2.49. The lowest BCUT2D eigenvalue weighted by atomic mass is 9.99. The Morgan fingerprint density at radius 1 is 1.11 bits per heavy atom. The molecule has 1 unspecified atom stereocenters. The zero-order chi connectivity index (χ0) is 14.2. The Hall–Kier alpha value is -0.970. The SMILES string of the molecule is Cc1cc(F)c(C(O)c2cc(Cl)cc(Br)c2)cc1F. The van der Waals surface area contributed by atoms with Gasteiger partial charge in [-0.2, -0.15) is 0 Å². The highest BCUT2D eigenvalue weighted by Gasteiger charge is 2.18. The lowest BCUT2D eigenvalue weighted by molar-refractivity contribution is 0.214. The van der Waals surface area contributed by atoms with Crippen molar-refractivity contribution in [2.45, 2.75) is 13.0 Å². The minimum atomic E-state index is -1.27. The van der Waals surface area contributed by atoms with Crippen LogP contribution in [0, 0.1) is 18.6 Å². The summed E-state index contributed by atoms with van der Waals surface area (Å²) in [6, 6.07) is 6.82. The Morgan fingerprint density at radius 2 is 1.79 bits per heavy atom. The monoisotopic (exact) mass is 346 g/mol. The molecule has 2 aromatic rings. The standard InChI is InChI=1S/C14H10BrClF2O/c1-7-2-13(18)11(6-12(7)17)14(19)8-3-9(15)5-10(16)4-8/h2-6,14,19H,1H3. The van der Waals surface area contributed by atoms with Crippen LogP contribution in [0.3, 0.4) is 0 Å². The van der Waals surface area contributed by atoms with Gasteiger partial charge in [-0.05, 0) is 48.4 Å². The molecule has 0 aliphatic rings. The van der Waals surface area contributed by atoms with E-state index in [1.54, 1.807) is 12.1 Å². The van der Waals surface area contributed by atoms with Crippen LogP contribution in [0.25, 0.3) is 0 Å². The van der Waals surface area contributed by atoms with Crippen molar-refractivity contribution in [3.05, 3.63) is 68.2 Å². The van der Waals surface area contributed by atoms with Crippen LogP contribution < -0.4 is 0 Å². The molecule has 0 bridgehead atoms. The summed E-state index contributed by atoms with van der Waals surface area (Å²) in [5.41, 5.74) is 0.472. The van der Waals surface area contributed by atoms with Crippen molar-refractivity contribution < 1.29 is 13.9 Å². The predicted octanol–water partition coefficient (Wildman–Crippen LogP) is 4.77. The third-order valence-corrected chi connectivity index (χ3v) is 3.45. The van der Waals surface area contributed by atoms with Gasteiger partial charge in [0, 0.05) is 15.1 Å². The summed E-state index contributed by atoms with van der Waals surface area (Å²) in [6.45, 7) is 1.46. The van der Waals surface area contributed by atoms with Crippen LogP contribution in [0.2, 0.25) is 5.02 Å². The maximum atomic E-state index is 13.8. The van der Waals surface area contributed by atoms with Crippen molar-refractivity contribution in [2.24, 2.45) is 0 Å². The van der Waals surface area contributed by atoms with Crippen molar-refractivity contribution in [1.82, 2.24) is 0 Å². The second kappa shape index (κ2) is 5.57. The fourth-order valence-electron chi connectivity index (χ4n) is 1.78. The fourth-order valence-corrected chi connectivity index (χ4v) is 2.67. The highest BCUT2D eigenvalue weighted by atomic mass is 79.9. The fraction of sp³-hybridized carbons (Fsp3) is 0.143. The summed E-state index contributed by atoms with van der Waals surface area (Å²) in [4.78, 5) is 0. The Labute approximate surface area is 123 Å². The molecule has 0 aliphatic carbocycles. The first-order chi connectivity index (χ1) is 8.88. The average Bonchev–Trinajstić information content (AvgIpc) is 2.31. The zero-order valence-corrected chi connectivity index (χ0v) is 12.3. The van der Waals surface area contributed by atoms with Crippen molar-refractivity contribution in [1.29, 1.82) is 0 Å². The van der Waals surface area contributed by atoms with Gasteiger partial charge in [-0.25, -0.2) is 8.78 Å². The quantitative estimate of drug-likeness (QED) is 0.829. The molecule has 0 aromatic heterocycles. The number of rotatable bonds is 2. The number of hydrogen-bond acceptors (Lipinski definition) is 1. The normalized spacial score (nSPS) is 12.5. The molecule has 1 nitrogen and oxygen atoms in total. The van der Waals surface area contributed by atoms with Gasteiger partial charge in [0.05, 0.1) is 0 Å². The van der Waals surface area contributed by atoms with E-state index in [2.05, 4.69) is 15.9 Å². The highest BCUT2D eigenvalue weighted by Crippen LogP contribution is 2.30. The van der Waals surface area contributed by atoms with E-state index in [4.69, 9.17) is 11.6 Å². The molecular formula is C14H10BrClF2O. The van der Waals surface area contributed by atoms with Gasteiger partial charge in [0.1, 0.15) is 17.7 Å². The van der Waals surface area contributed by atoms with Crippen molar-refractivity contribution in [3.63, 3.8) is 0 Å². The Morgan fingerprint density at radius 3 is 2.42 bits per heavy atom. The third kappa shape index (κ3) is 3.14. The number of aliphatic hydroxyl groups is 1. The maximum absolute atomic E-state index is 13.8. The first-order valence-electron chi connectivity index (χ1n) is 5.48. The van der Waals surface area contributed by atoms with Crippen LogP contribution >= 0.6 is 27.5 Å². The number of aliphatic hydroxyl groups excluding tert-OH is 1. The summed E-state index contributed by atoms with van der Waals surface area (Å²) in [6.07, 6.45) is -1.27. The van der Waals surface area contributed by atoms with E-state index < -0.39 is 17.7 Å². The molecule has 0 aliphatic heterocycles. The lowest BCUT2D eigenvalue weighted by Gasteiger charge is -2.14. The lowest BCUT2D eigenvalue weighted by Crippen LogP contribution is -2.04. The number of aryl methyl sites for hydroxylation is 1. The summed E-state index contributed by atoms with van der Waals surface area (Å²) in [5, 5.41) is 10.6. The molecule has 0 amide bonds. The van der Waals surface area contributed by atoms with E-state index in [1.807, 2.05) is 0 Å². The summed E-state index contributed by atoms with van der Waals surface area (Å²) >= 11 is 9.10. The molecule has 2 aromatic carbocycles. The minimum Gasteiger partial charge on any atom is -0.384 e. The van der Waals surface area contributed by atoms with Crippen LogP contribution in [-0.2, 0) is 0 Å². The van der Waals surface area contributed by atoms with Gasteiger partial charge in [-0.1, -0.05) is 27.5 Å². The molecule has 100 valence electrons. The van der Waals surface area contributed by atoms with E-state index in [-0.39, 0.29) is 11.1 Å². The van der Waals surface area contributed by atoms with Crippen LogP contribution in [0.1, 0.15) is 22.8 Å². The summed E-state index contributed by atoms with van der Waals surface area (Å²) in [5.74, 6) is -1.21. The van der Waals surface area contributed by atoms with Gasteiger partial charge in [0.2, 0.25) is 0 Å². The topological polar surface area (TPSA) is 20.2 Å². The van der Waals surface area contributed by atoms with E-state index in [9.17, 15) is 13.9 Å². The van der Waals surface area contributed by atoms with Crippen LogP contribution in [0.15, 0.2) is 34.8 Å². The largest absolute Gasteiger partial charge is 0.384 e. The van der Waals surface area contributed by atoms with Gasteiger partial charge < -0.3 is 5.11 Å². The molecule has 2 rings (SSSR count). The second-order valence-corrected chi connectivity index (χ2v) is 5.58. The summed E-state index contributed by atoms with van der Waals surface area (Å²) < 4.78 is 27.9. The Bertz CT molecular complexity index is 611. The zero-order valence-electron chi connectivity index (χ0n) is 9.92. The molecule has 0 radical (unpaired) electrons. The Kier molecular flexibility index (Phi) is 4.23. The molecule has 0 heterocycles. The van der Waals surface area contributed by atoms with E-state index in [0.29, 0.717) is 15.1 Å². The van der Waals surface area contributed by atoms with Crippen molar-refractivity contribution >= 4 is 27.5 Å². The summed E-state index contributed by atoms with van der Waals surface area (Å²) in [7, 11) is 0. The molecule has 0 spiro atoms. The first kappa shape index (κ1) is 14.4. The van der Waals surface area contributed by atoms with E-state index in [0.717, 1.165) is 12.1 Å². The van der Waals surface area contributed by atoms with Crippen LogP contribution in [0.4, 0.5) is 8.78 Å². The van der Waals surface area contributed by atoms with E-state index in [1.165, 1.54) is 13.0 Å². The molecule has 0 saturated carbocycles. The van der Waals surface area contributed by atoms with Crippen LogP contribution in [0.5, 0.6) is 0 Å². The smallest absolute Gasteiger partial charge is 0.129 e. The van der Waals surface area contributed by atoms with Gasteiger partial charge in [0.25, 0.3) is 0 Å². The van der Waals surface area contributed by atoms with Crippen LogP contribution in [-0.4, -0.2) is 5.11 Å². The van der Waals surface area contributed by atoms with Gasteiger partial charge in [0.15, 0.2) is 0 Å². The number of halogens is 4.